The molecule has 0 fully saturated rings. The summed E-state index contributed by atoms with van der Waals surface area (Å²) in [6.07, 6.45) is 10.5. The van der Waals surface area contributed by atoms with Gasteiger partial charge in [0.1, 0.15) is 0 Å². The number of carbonyl (C=O) groups excluding carboxylic acids is 1. The second kappa shape index (κ2) is 10.3. The minimum Gasteiger partial charge on any atom is -0.355 e. The highest BCUT2D eigenvalue weighted by Crippen LogP contribution is 2.06. The maximum absolute atomic E-state index is 11.8. The summed E-state index contributed by atoms with van der Waals surface area (Å²) >= 11 is 0. The van der Waals surface area contributed by atoms with Gasteiger partial charge in [0.05, 0.1) is 5.92 Å². The zero-order valence-electron chi connectivity index (χ0n) is 12.7. The molecule has 0 aromatic heterocycles. The van der Waals surface area contributed by atoms with E-state index in [2.05, 4.69) is 16.4 Å². The molecule has 1 unspecified atom stereocenters. The van der Waals surface area contributed by atoms with Crippen molar-refractivity contribution in [2.24, 2.45) is 10.9 Å². The molecule has 0 bridgehead atoms. The minimum absolute atomic E-state index is 0.0686. The standard InChI is InChI=1S/C16H26N2O/c1-13(2)11-14(3)12-15(4)16(19)18-10-8-6-7-9-17-5/h6-7,9,11-12,15H,8,10H2,1-5H3,(H,18,19)/b7-6-,14-12-,17-9?. The van der Waals surface area contributed by atoms with E-state index in [1.807, 2.05) is 45.9 Å². The summed E-state index contributed by atoms with van der Waals surface area (Å²) in [7, 11) is 1.73. The summed E-state index contributed by atoms with van der Waals surface area (Å²) in [4.78, 5) is 15.7. The van der Waals surface area contributed by atoms with E-state index in [4.69, 9.17) is 0 Å². The van der Waals surface area contributed by atoms with Crippen LogP contribution >= 0.6 is 0 Å². The largest absolute Gasteiger partial charge is 0.355 e. The summed E-state index contributed by atoms with van der Waals surface area (Å²) in [5.74, 6) is -0.0316. The SMILES string of the molecule is CN=C/C=C\CCNC(=O)C(C)/C=C(/C)C=C(C)C. The van der Waals surface area contributed by atoms with Crippen molar-refractivity contribution in [3.8, 4) is 0 Å². The highest BCUT2D eigenvalue weighted by Gasteiger charge is 2.08. The van der Waals surface area contributed by atoms with Crippen LogP contribution in [0, 0.1) is 5.92 Å². The first-order chi connectivity index (χ1) is 8.97. The molecule has 0 radical (unpaired) electrons. The lowest BCUT2D eigenvalue weighted by Crippen LogP contribution is -2.29. The summed E-state index contributed by atoms with van der Waals surface area (Å²) in [5.41, 5.74) is 2.37. The molecule has 0 aliphatic rings. The smallest absolute Gasteiger partial charge is 0.226 e. The molecule has 0 saturated heterocycles. The topological polar surface area (TPSA) is 41.5 Å². The van der Waals surface area contributed by atoms with Crippen LogP contribution in [-0.4, -0.2) is 25.7 Å². The Morgan fingerprint density at radius 1 is 1.32 bits per heavy atom. The number of hydrogen-bond acceptors (Lipinski definition) is 2. The van der Waals surface area contributed by atoms with E-state index in [1.54, 1.807) is 13.3 Å². The molecular formula is C16H26N2O. The van der Waals surface area contributed by atoms with Crippen LogP contribution in [0.5, 0.6) is 0 Å². The van der Waals surface area contributed by atoms with Gasteiger partial charge in [-0.15, -0.1) is 0 Å². The van der Waals surface area contributed by atoms with E-state index in [0.717, 1.165) is 12.0 Å². The Morgan fingerprint density at radius 2 is 2.00 bits per heavy atom. The molecule has 1 amide bonds. The van der Waals surface area contributed by atoms with Crippen LogP contribution in [0.15, 0.2) is 40.4 Å². The molecule has 19 heavy (non-hydrogen) atoms. The van der Waals surface area contributed by atoms with Gasteiger partial charge < -0.3 is 5.32 Å². The number of allylic oxidation sites excluding steroid dienone is 4. The molecule has 0 aliphatic heterocycles. The van der Waals surface area contributed by atoms with Gasteiger partial charge in [-0.3, -0.25) is 9.79 Å². The number of carbonyl (C=O) groups is 1. The molecule has 0 heterocycles. The quantitative estimate of drug-likeness (QED) is 0.427. The van der Waals surface area contributed by atoms with Crippen molar-refractivity contribution in [2.45, 2.75) is 34.1 Å². The number of nitrogens with one attached hydrogen (secondary N) is 1. The monoisotopic (exact) mass is 262 g/mol. The molecule has 0 saturated carbocycles. The molecule has 1 N–H and O–H groups in total. The van der Waals surface area contributed by atoms with Gasteiger partial charge in [-0.25, -0.2) is 0 Å². The third-order valence-electron chi connectivity index (χ3n) is 2.42. The number of amides is 1. The van der Waals surface area contributed by atoms with Gasteiger partial charge >= 0.3 is 0 Å². The zero-order valence-corrected chi connectivity index (χ0v) is 12.7. The van der Waals surface area contributed by atoms with E-state index < -0.39 is 0 Å². The second-order valence-electron chi connectivity index (χ2n) is 4.84. The van der Waals surface area contributed by atoms with Crippen molar-refractivity contribution in [3.05, 3.63) is 35.5 Å². The number of nitrogens with zero attached hydrogens (tertiary/aromatic N) is 1. The van der Waals surface area contributed by atoms with Crippen molar-refractivity contribution in [1.29, 1.82) is 0 Å². The Balaban J connectivity index is 4.11. The van der Waals surface area contributed by atoms with Gasteiger partial charge in [-0.2, -0.15) is 0 Å². The first-order valence-electron chi connectivity index (χ1n) is 6.65. The van der Waals surface area contributed by atoms with E-state index >= 15 is 0 Å². The average Bonchev–Trinajstić information content (AvgIpc) is 2.32. The molecular weight excluding hydrogens is 236 g/mol. The highest BCUT2D eigenvalue weighted by molar-refractivity contribution is 5.80. The number of aliphatic imine (C=N–C) groups is 1. The first-order valence-corrected chi connectivity index (χ1v) is 6.65. The molecule has 0 aromatic carbocycles. The molecule has 0 aromatic rings. The highest BCUT2D eigenvalue weighted by atomic mass is 16.1. The van der Waals surface area contributed by atoms with Crippen LogP contribution in [0.1, 0.15) is 34.1 Å². The summed E-state index contributed by atoms with van der Waals surface area (Å²) in [6.45, 7) is 8.69. The Bertz CT molecular complexity index is 386. The third-order valence-corrected chi connectivity index (χ3v) is 2.42. The van der Waals surface area contributed by atoms with Gasteiger partial charge in [0.2, 0.25) is 5.91 Å². The molecule has 0 aliphatic carbocycles. The van der Waals surface area contributed by atoms with Gasteiger partial charge in [0.25, 0.3) is 0 Å². The molecule has 3 nitrogen and oxygen atoms in total. The predicted molar refractivity (Wildman–Crippen MR) is 83.5 cm³/mol. The third kappa shape index (κ3) is 10.0. The lowest BCUT2D eigenvalue weighted by atomic mass is 10.1. The molecule has 1 atom stereocenters. The van der Waals surface area contributed by atoms with Gasteiger partial charge in [-0.1, -0.05) is 36.3 Å². The average molecular weight is 262 g/mol. The maximum atomic E-state index is 11.8. The molecule has 0 spiro atoms. The van der Waals surface area contributed by atoms with Crippen molar-refractivity contribution < 1.29 is 4.79 Å². The molecule has 0 rings (SSSR count). The first kappa shape index (κ1) is 17.4. The van der Waals surface area contributed by atoms with Crippen LogP contribution in [0.25, 0.3) is 0 Å². The fourth-order valence-corrected chi connectivity index (χ4v) is 1.66. The van der Waals surface area contributed by atoms with Crippen LogP contribution in [0.2, 0.25) is 0 Å². The van der Waals surface area contributed by atoms with Gasteiger partial charge in [0, 0.05) is 19.8 Å². The van der Waals surface area contributed by atoms with Crippen molar-refractivity contribution in [3.63, 3.8) is 0 Å². The van der Waals surface area contributed by atoms with E-state index in [9.17, 15) is 4.79 Å². The number of rotatable bonds is 7. The van der Waals surface area contributed by atoms with Crippen LogP contribution in [0.3, 0.4) is 0 Å². The van der Waals surface area contributed by atoms with Crippen LogP contribution in [-0.2, 0) is 4.79 Å². The van der Waals surface area contributed by atoms with Crippen LogP contribution in [0.4, 0.5) is 0 Å². The maximum Gasteiger partial charge on any atom is 0.226 e. The lowest BCUT2D eigenvalue weighted by Gasteiger charge is -2.08. The number of hydrogen-bond donors (Lipinski definition) is 1. The van der Waals surface area contributed by atoms with Gasteiger partial charge in [0.15, 0.2) is 0 Å². The Kier molecular flexibility index (Phi) is 9.41. The normalized spacial score (nSPS) is 13.8. The van der Waals surface area contributed by atoms with Gasteiger partial charge in [-0.05, 0) is 33.3 Å². The van der Waals surface area contributed by atoms with Crippen LogP contribution < -0.4 is 5.32 Å². The zero-order chi connectivity index (χ0) is 14.7. The van der Waals surface area contributed by atoms with E-state index in [0.29, 0.717) is 6.54 Å². The second-order valence-corrected chi connectivity index (χ2v) is 4.84. The fourth-order valence-electron chi connectivity index (χ4n) is 1.66. The predicted octanol–water partition coefficient (Wildman–Crippen LogP) is 3.30. The Hall–Kier alpha value is -1.64. The molecule has 3 heteroatoms. The Morgan fingerprint density at radius 3 is 2.58 bits per heavy atom. The molecule has 106 valence electrons. The minimum atomic E-state index is -0.100. The van der Waals surface area contributed by atoms with E-state index in [-0.39, 0.29) is 11.8 Å². The summed E-state index contributed by atoms with van der Waals surface area (Å²) in [6, 6.07) is 0. The summed E-state index contributed by atoms with van der Waals surface area (Å²) in [5, 5.41) is 2.92. The van der Waals surface area contributed by atoms with Crippen molar-refractivity contribution in [2.75, 3.05) is 13.6 Å². The van der Waals surface area contributed by atoms with Crippen molar-refractivity contribution in [1.82, 2.24) is 5.32 Å². The van der Waals surface area contributed by atoms with E-state index in [1.165, 1.54) is 5.57 Å². The summed E-state index contributed by atoms with van der Waals surface area (Å²) < 4.78 is 0. The Labute approximate surface area is 117 Å². The fraction of sp³-hybridized carbons (Fsp3) is 0.500. The lowest BCUT2D eigenvalue weighted by molar-refractivity contribution is -0.123. The van der Waals surface area contributed by atoms with Crippen molar-refractivity contribution >= 4 is 12.1 Å².